The van der Waals surface area contributed by atoms with Gasteiger partial charge in [-0.25, -0.2) is 0 Å². The number of nitrogens with zero attached hydrogens (tertiary/aromatic N) is 1. The van der Waals surface area contributed by atoms with Crippen molar-refractivity contribution in [3.8, 4) is 11.3 Å². The molecule has 1 aromatic heterocycles. The molecule has 2 N–H and O–H groups in total. The van der Waals surface area contributed by atoms with E-state index >= 15 is 0 Å². The maximum absolute atomic E-state index is 5.48. The van der Waals surface area contributed by atoms with E-state index in [0.29, 0.717) is 6.54 Å². The van der Waals surface area contributed by atoms with Crippen LogP contribution in [0, 0.1) is 6.07 Å². The van der Waals surface area contributed by atoms with Crippen LogP contribution < -0.4 is 5.73 Å². The van der Waals surface area contributed by atoms with Gasteiger partial charge in [0.15, 0.2) is 0 Å². The Labute approximate surface area is 76.2 Å². The van der Waals surface area contributed by atoms with Gasteiger partial charge in [0.2, 0.25) is 0 Å². The zero-order chi connectivity index (χ0) is 9.10. The largest absolute Gasteiger partial charge is 0.363 e. The molecule has 0 saturated carbocycles. The van der Waals surface area contributed by atoms with Crippen LogP contribution in [0.1, 0.15) is 5.56 Å². The first-order chi connectivity index (χ1) is 6.40. The first-order valence-corrected chi connectivity index (χ1v) is 4.01. The molecule has 0 amide bonds. The van der Waals surface area contributed by atoms with Gasteiger partial charge in [-0.15, -0.1) is 0 Å². The van der Waals surface area contributed by atoms with Crippen molar-refractivity contribution in [3.63, 3.8) is 0 Å². The van der Waals surface area contributed by atoms with E-state index in [9.17, 15) is 0 Å². The first kappa shape index (κ1) is 8.01. The van der Waals surface area contributed by atoms with Gasteiger partial charge in [0, 0.05) is 12.1 Å². The average Bonchev–Trinajstić information content (AvgIpc) is 2.71. The predicted octanol–water partition coefficient (Wildman–Crippen LogP) is 1.60. The highest BCUT2D eigenvalue weighted by Gasteiger charge is 2.00. The third kappa shape index (κ3) is 1.60. The van der Waals surface area contributed by atoms with Crippen molar-refractivity contribution < 1.29 is 4.52 Å². The lowest BCUT2D eigenvalue weighted by molar-refractivity contribution is 0.422. The standard InChI is InChI=1S/C10H9N2O/c11-7-8-1-3-9(4-2-8)10-5-6-13-12-10/h1-4,6H,7,11H2. The number of aromatic nitrogens is 1. The summed E-state index contributed by atoms with van der Waals surface area (Å²) in [6.45, 7) is 0.558. The van der Waals surface area contributed by atoms with E-state index in [1.807, 2.05) is 24.3 Å². The number of benzene rings is 1. The Bertz CT molecular complexity index is 364. The summed E-state index contributed by atoms with van der Waals surface area (Å²) in [4.78, 5) is 0. The lowest BCUT2D eigenvalue weighted by atomic mass is 10.1. The SMILES string of the molecule is NCc1ccc(-c2[c]con2)cc1. The van der Waals surface area contributed by atoms with Gasteiger partial charge in [0.1, 0.15) is 12.0 Å². The minimum Gasteiger partial charge on any atom is -0.363 e. The van der Waals surface area contributed by atoms with Crippen LogP contribution in [-0.2, 0) is 6.54 Å². The quantitative estimate of drug-likeness (QED) is 0.750. The molecule has 13 heavy (non-hydrogen) atoms. The lowest BCUT2D eigenvalue weighted by Crippen LogP contribution is -1.95. The number of hydrogen-bond donors (Lipinski definition) is 1. The van der Waals surface area contributed by atoms with Gasteiger partial charge in [-0.1, -0.05) is 29.4 Å². The second-order valence-corrected chi connectivity index (χ2v) is 2.71. The van der Waals surface area contributed by atoms with Crippen LogP contribution in [-0.4, -0.2) is 5.16 Å². The second kappa shape index (κ2) is 3.41. The van der Waals surface area contributed by atoms with Crippen LogP contribution in [0.3, 0.4) is 0 Å². The van der Waals surface area contributed by atoms with Crippen molar-refractivity contribution in [1.82, 2.24) is 5.16 Å². The van der Waals surface area contributed by atoms with Crippen molar-refractivity contribution in [1.29, 1.82) is 0 Å². The molecule has 0 aliphatic heterocycles. The maximum Gasteiger partial charge on any atom is 0.132 e. The van der Waals surface area contributed by atoms with Crippen LogP contribution in [0.15, 0.2) is 35.1 Å². The van der Waals surface area contributed by atoms with Crippen molar-refractivity contribution in [2.24, 2.45) is 5.73 Å². The Morgan fingerprint density at radius 2 is 2.08 bits per heavy atom. The van der Waals surface area contributed by atoms with E-state index in [2.05, 4.69) is 11.2 Å². The van der Waals surface area contributed by atoms with Crippen LogP contribution in [0.2, 0.25) is 0 Å². The fourth-order valence-electron chi connectivity index (χ4n) is 1.12. The molecule has 1 heterocycles. The van der Waals surface area contributed by atoms with Gasteiger partial charge in [-0.2, -0.15) is 0 Å². The summed E-state index contributed by atoms with van der Waals surface area (Å²) in [6, 6.07) is 10.7. The molecule has 0 atom stereocenters. The van der Waals surface area contributed by atoms with E-state index in [1.54, 1.807) is 0 Å². The third-order valence-electron chi connectivity index (χ3n) is 1.86. The number of rotatable bonds is 2. The van der Waals surface area contributed by atoms with E-state index < -0.39 is 0 Å². The molecule has 0 aliphatic carbocycles. The van der Waals surface area contributed by atoms with Gasteiger partial charge >= 0.3 is 0 Å². The van der Waals surface area contributed by atoms with Crippen molar-refractivity contribution in [3.05, 3.63) is 42.2 Å². The van der Waals surface area contributed by atoms with Gasteiger partial charge < -0.3 is 10.3 Å². The molecule has 0 saturated heterocycles. The van der Waals surface area contributed by atoms with Crippen LogP contribution in [0.25, 0.3) is 11.3 Å². The summed E-state index contributed by atoms with van der Waals surface area (Å²) in [7, 11) is 0. The normalized spacial score (nSPS) is 10.2. The third-order valence-corrected chi connectivity index (χ3v) is 1.86. The molecule has 3 heteroatoms. The molecule has 2 aromatic rings. The van der Waals surface area contributed by atoms with Crippen molar-refractivity contribution in [2.75, 3.05) is 0 Å². The second-order valence-electron chi connectivity index (χ2n) is 2.71. The molecule has 1 radical (unpaired) electrons. The highest BCUT2D eigenvalue weighted by molar-refractivity contribution is 5.57. The molecule has 0 bridgehead atoms. The van der Waals surface area contributed by atoms with E-state index in [-0.39, 0.29) is 0 Å². The Morgan fingerprint density at radius 1 is 1.31 bits per heavy atom. The fourth-order valence-corrected chi connectivity index (χ4v) is 1.12. The maximum atomic E-state index is 5.48. The van der Waals surface area contributed by atoms with Gasteiger partial charge in [0.25, 0.3) is 0 Å². The Hall–Kier alpha value is -1.61. The van der Waals surface area contributed by atoms with E-state index in [4.69, 9.17) is 10.3 Å². The summed E-state index contributed by atoms with van der Waals surface area (Å²) >= 11 is 0. The highest BCUT2D eigenvalue weighted by Crippen LogP contribution is 2.16. The minimum absolute atomic E-state index is 0.558. The zero-order valence-corrected chi connectivity index (χ0v) is 7.03. The van der Waals surface area contributed by atoms with Gasteiger partial charge in [-0.3, -0.25) is 0 Å². The molecule has 2 rings (SSSR count). The zero-order valence-electron chi connectivity index (χ0n) is 7.03. The van der Waals surface area contributed by atoms with Gasteiger partial charge in [-0.05, 0) is 5.56 Å². The van der Waals surface area contributed by atoms with Crippen LogP contribution >= 0.6 is 0 Å². The molecule has 0 spiro atoms. The Kier molecular flexibility index (Phi) is 2.10. The van der Waals surface area contributed by atoms with Gasteiger partial charge in [0.05, 0.1) is 6.07 Å². The molecule has 0 unspecified atom stereocenters. The Balaban J connectivity index is 2.33. The average molecular weight is 173 g/mol. The van der Waals surface area contributed by atoms with Crippen molar-refractivity contribution in [2.45, 2.75) is 6.54 Å². The molecule has 3 nitrogen and oxygen atoms in total. The van der Waals surface area contributed by atoms with Crippen LogP contribution in [0.5, 0.6) is 0 Å². The Morgan fingerprint density at radius 3 is 2.62 bits per heavy atom. The first-order valence-electron chi connectivity index (χ1n) is 4.01. The van der Waals surface area contributed by atoms with Crippen molar-refractivity contribution >= 4 is 0 Å². The molecule has 65 valence electrons. The summed E-state index contributed by atoms with van der Waals surface area (Å²) in [5.41, 5.74) is 8.30. The summed E-state index contributed by atoms with van der Waals surface area (Å²) in [5, 5.41) is 3.78. The van der Waals surface area contributed by atoms with E-state index in [1.165, 1.54) is 6.26 Å². The molecular weight excluding hydrogens is 164 g/mol. The number of nitrogens with two attached hydrogens (primary N) is 1. The van der Waals surface area contributed by atoms with Crippen LogP contribution in [0.4, 0.5) is 0 Å². The summed E-state index contributed by atoms with van der Waals surface area (Å²) < 4.78 is 4.70. The van der Waals surface area contributed by atoms with E-state index in [0.717, 1.165) is 16.8 Å². The number of hydrogen-bond acceptors (Lipinski definition) is 3. The topological polar surface area (TPSA) is 52.0 Å². The fraction of sp³-hybridized carbons (Fsp3) is 0.100. The smallest absolute Gasteiger partial charge is 0.132 e. The summed E-state index contributed by atoms with van der Waals surface area (Å²) in [5.74, 6) is 0. The lowest BCUT2D eigenvalue weighted by Gasteiger charge is -1.97. The minimum atomic E-state index is 0.558. The predicted molar refractivity (Wildman–Crippen MR) is 48.7 cm³/mol. The molecular formula is C10H9N2O. The monoisotopic (exact) mass is 173 g/mol. The highest BCUT2D eigenvalue weighted by atomic mass is 16.5. The molecule has 0 aliphatic rings. The molecule has 1 aromatic carbocycles. The molecule has 0 fully saturated rings. The summed E-state index contributed by atoms with van der Waals surface area (Å²) in [6.07, 6.45) is 1.44.